The molecule has 4 heteroatoms. The third kappa shape index (κ3) is 2.21. The van der Waals surface area contributed by atoms with Crippen molar-refractivity contribution in [2.24, 2.45) is 11.5 Å². The fourth-order valence-corrected chi connectivity index (χ4v) is 1.31. The van der Waals surface area contributed by atoms with E-state index in [9.17, 15) is 0 Å². The van der Waals surface area contributed by atoms with Gasteiger partial charge in [0.2, 0.25) is 0 Å². The van der Waals surface area contributed by atoms with E-state index in [2.05, 4.69) is 4.98 Å². The Hall–Kier alpha value is -1.13. The van der Waals surface area contributed by atoms with Crippen LogP contribution in [0.5, 0.6) is 0 Å². The number of nitrogens with zero attached hydrogens (tertiary/aromatic N) is 2. The van der Waals surface area contributed by atoms with E-state index in [4.69, 9.17) is 11.5 Å². The summed E-state index contributed by atoms with van der Waals surface area (Å²) in [4.78, 5) is 6.26. The van der Waals surface area contributed by atoms with Crippen molar-refractivity contribution in [1.82, 2.24) is 4.98 Å². The van der Waals surface area contributed by atoms with Crippen LogP contribution in [0.3, 0.4) is 0 Å². The van der Waals surface area contributed by atoms with E-state index in [0.29, 0.717) is 6.54 Å². The predicted octanol–water partition coefficient (Wildman–Crippen LogP) is 0.415. The van der Waals surface area contributed by atoms with Crippen LogP contribution in [0, 0.1) is 6.92 Å². The van der Waals surface area contributed by atoms with Crippen LogP contribution < -0.4 is 16.4 Å². The monoisotopic (exact) mass is 194 g/mol. The molecule has 0 aliphatic rings. The van der Waals surface area contributed by atoms with Gasteiger partial charge in [0.25, 0.3) is 0 Å². The fourth-order valence-electron chi connectivity index (χ4n) is 1.31. The van der Waals surface area contributed by atoms with Crippen molar-refractivity contribution < 1.29 is 0 Å². The highest BCUT2D eigenvalue weighted by Gasteiger charge is 2.08. The van der Waals surface area contributed by atoms with Gasteiger partial charge in [-0.2, -0.15) is 0 Å². The van der Waals surface area contributed by atoms with Gasteiger partial charge in [-0.25, -0.2) is 4.98 Å². The van der Waals surface area contributed by atoms with Crippen LogP contribution in [0.15, 0.2) is 12.3 Å². The molecule has 0 amide bonds. The Balaban J connectivity index is 3.01. The number of aryl methyl sites for hydroxylation is 1. The average Bonchev–Trinajstić information content (AvgIpc) is 2.16. The lowest BCUT2D eigenvalue weighted by molar-refractivity contribution is 0.727. The Kier molecular flexibility index (Phi) is 3.43. The summed E-state index contributed by atoms with van der Waals surface area (Å²) in [5.41, 5.74) is 13.5. The van der Waals surface area contributed by atoms with Crippen molar-refractivity contribution in [3.63, 3.8) is 0 Å². The molecular weight excluding hydrogens is 176 g/mol. The third-order valence-corrected chi connectivity index (χ3v) is 2.25. The molecule has 0 aromatic carbocycles. The predicted molar refractivity (Wildman–Crippen MR) is 59.3 cm³/mol. The van der Waals surface area contributed by atoms with Gasteiger partial charge in [0.05, 0.1) is 0 Å². The van der Waals surface area contributed by atoms with Crippen molar-refractivity contribution in [3.05, 3.63) is 23.4 Å². The summed E-state index contributed by atoms with van der Waals surface area (Å²) in [5.74, 6) is 0.940. The van der Waals surface area contributed by atoms with E-state index in [1.807, 2.05) is 38.2 Å². The highest BCUT2D eigenvalue weighted by atomic mass is 15.1. The molecular formula is C10H18N4. The Labute approximate surface area is 84.9 Å². The van der Waals surface area contributed by atoms with Gasteiger partial charge in [0.1, 0.15) is 5.82 Å². The quantitative estimate of drug-likeness (QED) is 0.731. The first kappa shape index (κ1) is 10.9. The third-order valence-electron chi connectivity index (χ3n) is 2.25. The van der Waals surface area contributed by atoms with E-state index in [0.717, 1.165) is 16.9 Å². The van der Waals surface area contributed by atoms with Crippen molar-refractivity contribution >= 4 is 5.82 Å². The van der Waals surface area contributed by atoms with E-state index in [1.165, 1.54) is 0 Å². The standard InChI is InChI=1S/C10H18N4/c1-7-4-10(14(2)3)13-6-8(7)9(12)5-11/h4,6,9H,5,11-12H2,1-3H3. The molecule has 0 radical (unpaired) electrons. The summed E-state index contributed by atoms with van der Waals surface area (Å²) < 4.78 is 0. The molecule has 0 spiro atoms. The first-order valence-corrected chi connectivity index (χ1v) is 4.65. The van der Waals surface area contributed by atoms with Gasteiger partial charge < -0.3 is 16.4 Å². The molecule has 0 aliphatic carbocycles. The van der Waals surface area contributed by atoms with Crippen LogP contribution in [-0.2, 0) is 0 Å². The topological polar surface area (TPSA) is 68.2 Å². The van der Waals surface area contributed by atoms with Gasteiger partial charge in [0, 0.05) is 32.9 Å². The number of hydrogen-bond donors (Lipinski definition) is 2. The molecule has 1 atom stereocenters. The molecule has 0 bridgehead atoms. The molecule has 1 aromatic rings. The van der Waals surface area contributed by atoms with Gasteiger partial charge in [0.15, 0.2) is 0 Å². The van der Waals surface area contributed by atoms with Crippen LogP contribution in [-0.4, -0.2) is 25.6 Å². The maximum atomic E-state index is 5.84. The number of hydrogen-bond acceptors (Lipinski definition) is 4. The number of anilines is 1. The van der Waals surface area contributed by atoms with Crippen LogP contribution >= 0.6 is 0 Å². The van der Waals surface area contributed by atoms with E-state index < -0.39 is 0 Å². The maximum Gasteiger partial charge on any atom is 0.128 e. The van der Waals surface area contributed by atoms with Gasteiger partial charge >= 0.3 is 0 Å². The summed E-state index contributed by atoms with van der Waals surface area (Å²) in [6.07, 6.45) is 1.81. The molecule has 0 saturated heterocycles. The summed E-state index contributed by atoms with van der Waals surface area (Å²) in [6.45, 7) is 2.48. The second-order valence-corrected chi connectivity index (χ2v) is 3.64. The maximum absolute atomic E-state index is 5.84. The second kappa shape index (κ2) is 4.39. The van der Waals surface area contributed by atoms with Crippen molar-refractivity contribution in [1.29, 1.82) is 0 Å². The smallest absolute Gasteiger partial charge is 0.128 e. The lowest BCUT2D eigenvalue weighted by atomic mass is 10.0. The van der Waals surface area contributed by atoms with Crippen LogP contribution in [0.1, 0.15) is 17.2 Å². The molecule has 0 aliphatic heterocycles. The molecule has 1 aromatic heterocycles. The summed E-state index contributed by atoms with van der Waals surface area (Å²) in [5, 5.41) is 0. The lowest BCUT2D eigenvalue weighted by Gasteiger charge is -2.16. The number of pyridine rings is 1. The minimum Gasteiger partial charge on any atom is -0.363 e. The molecule has 1 rings (SSSR count). The molecule has 0 saturated carbocycles. The second-order valence-electron chi connectivity index (χ2n) is 3.64. The van der Waals surface area contributed by atoms with Crippen molar-refractivity contribution in [2.45, 2.75) is 13.0 Å². The van der Waals surface area contributed by atoms with Gasteiger partial charge in [-0.3, -0.25) is 0 Å². The van der Waals surface area contributed by atoms with E-state index in [-0.39, 0.29) is 6.04 Å². The zero-order valence-electron chi connectivity index (χ0n) is 8.99. The van der Waals surface area contributed by atoms with E-state index in [1.54, 1.807) is 0 Å². The number of aromatic nitrogens is 1. The zero-order valence-corrected chi connectivity index (χ0v) is 8.99. The van der Waals surface area contributed by atoms with Crippen LogP contribution in [0.2, 0.25) is 0 Å². The molecule has 4 N–H and O–H groups in total. The Morgan fingerprint density at radius 3 is 2.57 bits per heavy atom. The van der Waals surface area contributed by atoms with E-state index >= 15 is 0 Å². The molecule has 78 valence electrons. The molecule has 1 heterocycles. The summed E-state index contributed by atoms with van der Waals surface area (Å²) >= 11 is 0. The number of nitrogens with two attached hydrogens (primary N) is 2. The molecule has 14 heavy (non-hydrogen) atoms. The molecule has 0 fully saturated rings. The fraction of sp³-hybridized carbons (Fsp3) is 0.500. The number of rotatable bonds is 3. The highest BCUT2D eigenvalue weighted by Crippen LogP contribution is 2.17. The van der Waals surface area contributed by atoms with Crippen molar-refractivity contribution in [3.8, 4) is 0 Å². The minimum atomic E-state index is -0.112. The van der Waals surface area contributed by atoms with Gasteiger partial charge in [-0.05, 0) is 24.1 Å². The normalized spacial score (nSPS) is 12.6. The van der Waals surface area contributed by atoms with Crippen LogP contribution in [0.25, 0.3) is 0 Å². The lowest BCUT2D eigenvalue weighted by Crippen LogP contribution is -2.22. The molecule has 1 unspecified atom stereocenters. The van der Waals surface area contributed by atoms with Crippen LogP contribution in [0.4, 0.5) is 5.82 Å². The van der Waals surface area contributed by atoms with Gasteiger partial charge in [-0.15, -0.1) is 0 Å². The average molecular weight is 194 g/mol. The van der Waals surface area contributed by atoms with Gasteiger partial charge in [-0.1, -0.05) is 0 Å². The first-order valence-electron chi connectivity index (χ1n) is 4.65. The summed E-state index contributed by atoms with van der Waals surface area (Å²) in [7, 11) is 3.93. The Morgan fingerprint density at radius 1 is 1.50 bits per heavy atom. The zero-order chi connectivity index (χ0) is 10.7. The summed E-state index contributed by atoms with van der Waals surface area (Å²) in [6, 6.07) is 1.91. The largest absolute Gasteiger partial charge is 0.363 e. The van der Waals surface area contributed by atoms with Crippen molar-refractivity contribution in [2.75, 3.05) is 25.5 Å². The highest BCUT2D eigenvalue weighted by molar-refractivity contribution is 5.42. The Morgan fingerprint density at radius 2 is 2.14 bits per heavy atom. The molecule has 4 nitrogen and oxygen atoms in total. The SMILES string of the molecule is Cc1cc(N(C)C)ncc1C(N)CN. The first-order chi connectivity index (χ1) is 6.56. The minimum absolute atomic E-state index is 0.112. The Bertz CT molecular complexity index is 309.